The molecule has 0 aromatic rings. The van der Waals surface area contributed by atoms with Crippen LogP contribution in [-0.4, -0.2) is 0 Å². The third-order valence-electron chi connectivity index (χ3n) is 2.24. The van der Waals surface area contributed by atoms with Gasteiger partial charge in [0, 0.05) is 0 Å². The van der Waals surface area contributed by atoms with E-state index < -0.39 is 0 Å². The van der Waals surface area contributed by atoms with Crippen molar-refractivity contribution in [2.24, 2.45) is 0 Å². The minimum atomic E-state index is 1.26. The lowest BCUT2D eigenvalue weighted by Gasteiger charge is -2.04. The van der Waals surface area contributed by atoms with Crippen molar-refractivity contribution in [3.05, 3.63) is 10.6 Å². The predicted molar refractivity (Wildman–Crippen MR) is 53.9 cm³/mol. The van der Waals surface area contributed by atoms with Gasteiger partial charge in [-0.25, -0.2) is 0 Å². The van der Waals surface area contributed by atoms with Gasteiger partial charge in [0.2, 0.25) is 0 Å². The molecule has 0 aliphatic heterocycles. The summed E-state index contributed by atoms with van der Waals surface area (Å²) in [5, 5.41) is 0. The zero-order valence-corrected chi connectivity index (χ0v) is 8.70. The largest absolute Gasteiger partial charge is 0.0744 e. The van der Waals surface area contributed by atoms with Crippen LogP contribution in [0.25, 0.3) is 0 Å². The molecule has 1 aliphatic carbocycles. The molecule has 64 valence electrons. The smallest absolute Gasteiger partial charge is 0.00892 e. The summed E-state index contributed by atoms with van der Waals surface area (Å²) >= 11 is 3.59. The van der Waals surface area contributed by atoms with Gasteiger partial charge < -0.3 is 0 Å². The number of hydrogen-bond donors (Lipinski definition) is 0. The van der Waals surface area contributed by atoms with E-state index >= 15 is 0 Å². The van der Waals surface area contributed by atoms with Crippen LogP contribution in [0.4, 0.5) is 0 Å². The molecule has 0 aromatic carbocycles. The number of hydrogen-bond acceptors (Lipinski definition) is 0. The standard InChI is InChI=1S/C10H17Br/c11-10-8-6-4-2-1-3-5-7-9-10/h8H,1-7,9H2/b10-8+. The van der Waals surface area contributed by atoms with Crippen molar-refractivity contribution in [3.8, 4) is 0 Å². The van der Waals surface area contributed by atoms with Crippen LogP contribution in [0.3, 0.4) is 0 Å². The molecule has 0 radical (unpaired) electrons. The summed E-state index contributed by atoms with van der Waals surface area (Å²) < 4.78 is 1.43. The number of allylic oxidation sites excluding steroid dienone is 2. The van der Waals surface area contributed by atoms with Gasteiger partial charge in [-0.3, -0.25) is 0 Å². The summed E-state index contributed by atoms with van der Waals surface area (Å²) in [7, 11) is 0. The van der Waals surface area contributed by atoms with Crippen LogP contribution in [0, 0.1) is 0 Å². The third kappa shape index (κ3) is 4.62. The van der Waals surface area contributed by atoms with E-state index in [1.165, 1.54) is 55.8 Å². The average Bonchev–Trinajstić information content (AvgIpc) is 2.03. The average molecular weight is 217 g/mol. The molecule has 0 nitrogen and oxygen atoms in total. The minimum absolute atomic E-state index is 1.26. The van der Waals surface area contributed by atoms with Gasteiger partial charge in [0.05, 0.1) is 0 Å². The van der Waals surface area contributed by atoms with E-state index in [1.54, 1.807) is 0 Å². The molecule has 0 unspecified atom stereocenters. The van der Waals surface area contributed by atoms with E-state index in [0.29, 0.717) is 0 Å². The molecule has 0 saturated heterocycles. The van der Waals surface area contributed by atoms with Crippen LogP contribution in [0.1, 0.15) is 51.4 Å². The monoisotopic (exact) mass is 216 g/mol. The molecule has 0 bridgehead atoms. The van der Waals surface area contributed by atoms with Gasteiger partial charge in [0.25, 0.3) is 0 Å². The SMILES string of the molecule is Br/C1=C/CCCCCCCC1. The molecule has 0 amide bonds. The van der Waals surface area contributed by atoms with E-state index in [2.05, 4.69) is 22.0 Å². The van der Waals surface area contributed by atoms with Crippen LogP contribution in [0.2, 0.25) is 0 Å². The fraction of sp³-hybridized carbons (Fsp3) is 0.800. The van der Waals surface area contributed by atoms with E-state index in [-0.39, 0.29) is 0 Å². The summed E-state index contributed by atoms with van der Waals surface area (Å²) in [5.41, 5.74) is 0. The molecule has 0 atom stereocenters. The lowest BCUT2D eigenvalue weighted by Crippen LogP contribution is -1.84. The first kappa shape index (κ1) is 9.31. The quantitative estimate of drug-likeness (QED) is 0.564. The normalized spacial score (nSPS) is 27.2. The van der Waals surface area contributed by atoms with E-state index in [9.17, 15) is 0 Å². The van der Waals surface area contributed by atoms with E-state index in [0.717, 1.165) is 0 Å². The second-order valence-corrected chi connectivity index (χ2v) is 4.33. The van der Waals surface area contributed by atoms with Crippen molar-refractivity contribution in [1.82, 2.24) is 0 Å². The lowest BCUT2D eigenvalue weighted by molar-refractivity contribution is 0.591. The zero-order chi connectivity index (χ0) is 7.94. The number of rotatable bonds is 0. The summed E-state index contributed by atoms with van der Waals surface area (Å²) in [4.78, 5) is 0. The van der Waals surface area contributed by atoms with Crippen LogP contribution in [0.15, 0.2) is 10.6 Å². The molecule has 1 rings (SSSR count). The lowest BCUT2D eigenvalue weighted by atomic mass is 10.1. The summed E-state index contributed by atoms with van der Waals surface area (Å²) in [6.07, 6.45) is 13.4. The van der Waals surface area contributed by atoms with Crippen LogP contribution in [-0.2, 0) is 0 Å². The highest BCUT2D eigenvalue weighted by Crippen LogP contribution is 2.20. The first-order valence-corrected chi connectivity index (χ1v) is 5.53. The van der Waals surface area contributed by atoms with Gasteiger partial charge >= 0.3 is 0 Å². The van der Waals surface area contributed by atoms with Crippen molar-refractivity contribution in [2.75, 3.05) is 0 Å². The Hall–Kier alpha value is 0.220. The maximum atomic E-state index is 3.59. The molecule has 0 fully saturated rings. The maximum absolute atomic E-state index is 3.59. The van der Waals surface area contributed by atoms with Crippen molar-refractivity contribution < 1.29 is 0 Å². The molecular formula is C10H17Br. The van der Waals surface area contributed by atoms with Gasteiger partial charge in [0.15, 0.2) is 0 Å². The second kappa shape index (κ2) is 5.82. The Bertz CT molecular complexity index is 127. The Labute approximate surface area is 78.2 Å². The molecule has 0 heterocycles. The fourth-order valence-corrected chi connectivity index (χ4v) is 2.02. The predicted octanol–water partition coefficient (Wildman–Crippen LogP) is 4.40. The van der Waals surface area contributed by atoms with Gasteiger partial charge in [-0.1, -0.05) is 47.7 Å². The van der Waals surface area contributed by atoms with Crippen LogP contribution < -0.4 is 0 Å². The summed E-state index contributed by atoms with van der Waals surface area (Å²) in [6, 6.07) is 0. The highest BCUT2D eigenvalue weighted by molar-refractivity contribution is 9.11. The fourth-order valence-electron chi connectivity index (χ4n) is 1.51. The Kier molecular flexibility index (Phi) is 4.92. The van der Waals surface area contributed by atoms with Crippen molar-refractivity contribution in [1.29, 1.82) is 0 Å². The van der Waals surface area contributed by atoms with E-state index in [1.807, 2.05) is 0 Å². The van der Waals surface area contributed by atoms with Crippen molar-refractivity contribution >= 4 is 15.9 Å². The topological polar surface area (TPSA) is 0 Å². The molecule has 0 N–H and O–H groups in total. The Morgan fingerprint density at radius 1 is 0.909 bits per heavy atom. The molecule has 1 heteroatoms. The Morgan fingerprint density at radius 3 is 2.36 bits per heavy atom. The summed E-state index contributed by atoms with van der Waals surface area (Å²) in [5.74, 6) is 0. The van der Waals surface area contributed by atoms with Gasteiger partial charge in [0.1, 0.15) is 0 Å². The molecule has 0 spiro atoms. The highest BCUT2D eigenvalue weighted by Gasteiger charge is 1.96. The van der Waals surface area contributed by atoms with Crippen LogP contribution >= 0.6 is 15.9 Å². The molecule has 0 aromatic heterocycles. The van der Waals surface area contributed by atoms with Gasteiger partial charge in [-0.05, 0) is 30.2 Å². The number of halogens is 1. The van der Waals surface area contributed by atoms with Crippen molar-refractivity contribution in [3.63, 3.8) is 0 Å². The van der Waals surface area contributed by atoms with Gasteiger partial charge in [-0.15, -0.1) is 0 Å². The minimum Gasteiger partial charge on any atom is -0.0744 e. The van der Waals surface area contributed by atoms with Crippen LogP contribution in [0.5, 0.6) is 0 Å². The summed E-state index contributed by atoms with van der Waals surface area (Å²) in [6.45, 7) is 0. The molecule has 1 aliphatic rings. The molecule has 0 saturated carbocycles. The molecular weight excluding hydrogens is 200 g/mol. The Morgan fingerprint density at radius 2 is 1.55 bits per heavy atom. The zero-order valence-electron chi connectivity index (χ0n) is 7.11. The van der Waals surface area contributed by atoms with Crippen molar-refractivity contribution in [2.45, 2.75) is 51.4 Å². The second-order valence-electron chi connectivity index (χ2n) is 3.31. The first-order chi connectivity index (χ1) is 5.39. The Balaban J connectivity index is 2.27. The van der Waals surface area contributed by atoms with Gasteiger partial charge in [-0.2, -0.15) is 0 Å². The third-order valence-corrected chi connectivity index (χ3v) is 2.96. The first-order valence-electron chi connectivity index (χ1n) is 4.74. The van der Waals surface area contributed by atoms with E-state index in [4.69, 9.17) is 0 Å². The molecule has 11 heavy (non-hydrogen) atoms. The maximum Gasteiger partial charge on any atom is -0.00892 e. The highest BCUT2D eigenvalue weighted by atomic mass is 79.9.